The second kappa shape index (κ2) is 23.2. The van der Waals surface area contributed by atoms with Crippen molar-refractivity contribution in [2.75, 3.05) is 35.0 Å². The lowest BCUT2D eigenvalue weighted by atomic mass is 10.0. The second-order valence-corrected chi connectivity index (χ2v) is 44.9. The van der Waals surface area contributed by atoms with E-state index >= 15 is 0 Å². The molecule has 0 N–H and O–H groups in total. The molecule has 0 aromatic heterocycles. The van der Waals surface area contributed by atoms with Crippen molar-refractivity contribution in [3.8, 4) is 0 Å². The minimum atomic E-state index is -2.68. The Balaban J connectivity index is 3.31. The van der Waals surface area contributed by atoms with Gasteiger partial charge in [0.15, 0.2) is 0 Å². The SMILES string of the molecule is CCCCCCSS(CCCCCCCC(SC)SCC)(SCCC)(SCCCC)(SC(C)C)SC1CCCCC1. The van der Waals surface area contributed by atoms with Gasteiger partial charge in [0.05, 0.1) is 0 Å². The Morgan fingerprint density at radius 2 is 1.27 bits per heavy atom. The first kappa shape index (κ1) is 41.8. The fraction of sp³-hybridized carbons (Fsp3) is 1.00. The smallest absolute Gasteiger partial charge is 0.0499 e. The minimum Gasteiger partial charge on any atom is -0.151 e. The molecule has 1 aliphatic rings. The molecule has 8 heteroatoms. The topological polar surface area (TPSA) is 0 Å². The van der Waals surface area contributed by atoms with E-state index in [0.717, 1.165) is 9.83 Å². The van der Waals surface area contributed by atoms with E-state index in [1.807, 2.05) is 0 Å². The van der Waals surface area contributed by atoms with Crippen LogP contribution in [-0.2, 0) is 0 Å². The van der Waals surface area contributed by atoms with Crippen molar-refractivity contribution in [1.29, 1.82) is 0 Å². The summed E-state index contributed by atoms with van der Waals surface area (Å²) in [6.45, 7) is 14.6. The highest BCUT2D eigenvalue weighted by Crippen LogP contribution is 3.23. The summed E-state index contributed by atoms with van der Waals surface area (Å²) in [6.07, 6.45) is 27.8. The van der Waals surface area contributed by atoms with E-state index in [1.54, 1.807) is 0 Å². The van der Waals surface area contributed by atoms with E-state index in [4.69, 9.17) is 0 Å². The van der Waals surface area contributed by atoms with Crippen LogP contribution in [0.15, 0.2) is 0 Å². The molecular formula is C33H70S8. The Morgan fingerprint density at radius 1 is 0.659 bits per heavy atom. The molecule has 0 aromatic carbocycles. The molecule has 0 spiro atoms. The monoisotopic (exact) mass is 722 g/mol. The first-order valence-electron chi connectivity index (χ1n) is 17.3. The van der Waals surface area contributed by atoms with Crippen LogP contribution in [0.1, 0.15) is 157 Å². The highest BCUT2D eigenvalue weighted by molar-refractivity contribution is 9.97. The van der Waals surface area contributed by atoms with Crippen LogP contribution in [-0.4, -0.2) is 50.1 Å². The zero-order valence-corrected chi connectivity index (χ0v) is 34.8. The third kappa shape index (κ3) is 15.5. The molecule has 0 heterocycles. The predicted octanol–water partition coefficient (Wildman–Crippen LogP) is 15.4. The lowest BCUT2D eigenvalue weighted by Crippen LogP contribution is -2.29. The average Bonchev–Trinajstić information content (AvgIpc) is 2.96. The molecular weight excluding hydrogens is 653 g/mol. The molecule has 1 fully saturated rings. The summed E-state index contributed by atoms with van der Waals surface area (Å²) in [5, 5.41) is 1.56. The summed E-state index contributed by atoms with van der Waals surface area (Å²) in [5.41, 5.74) is 0. The third-order valence-electron chi connectivity index (χ3n) is 7.72. The molecule has 0 aliphatic heterocycles. The fourth-order valence-electron chi connectivity index (χ4n) is 5.65. The minimum absolute atomic E-state index is 0.689. The summed E-state index contributed by atoms with van der Waals surface area (Å²) in [6, 6.07) is 0. The van der Waals surface area contributed by atoms with Gasteiger partial charge in [-0.05, 0) is 57.0 Å². The Labute approximate surface area is 285 Å². The van der Waals surface area contributed by atoms with Crippen molar-refractivity contribution in [2.45, 2.75) is 172 Å². The third-order valence-corrected chi connectivity index (χ3v) is 46.4. The first-order valence-corrected chi connectivity index (χ1v) is 29.6. The van der Waals surface area contributed by atoms with E-state index in [2.05, 4.69) is 125 Å². The number of hydrogen-bond donors (Lipinski definition) is 0. The van der Waals surface area contributed by atoms with Gasteiger partial charge in [0.1, 0.15) is 0 Å². The van der Waals surface area contributed by atoms with E-state index in [9.17, 15) is 0 Å². The molecule has 1 unspecified atom stereocenters. The van der Waals surface area contributed by atoms with Crippen molar-refractivity contribution in [2.24, 2.45) is 0 Å². The predicted molar refractivity (Wildman–Crippen MR) is 220 cm³/mol. The van der Waals surface area contributed by atoms with Crippen LogP contribution in [0.5, 0.6) is 0 Å². The van der Waals surface area contributed by atoms with E-state index < -0.39 is 3.45 Å². The molecule has 0 aromatic rings. The van der Waals surface area contributed by atoms with Crippen LogP contribution in [0, 0.1) is 0 Å². The van der Waals surface area contributed by atoms with Crippen molar-refractivity contribution < 1.29 is 0 Å². The van der Waals surface area contributed by atoms with Crippen LogP contribution < -0.4 is 0 Å². The standard InChI is InChI=1S/C33H70S8/c1-8-12-14-22-29-38-41(36-27-10-3,39-31(5)6,37-28-13-9-2,40-32-24-19-18-20-25-32)30-23-17-15-16-21-26-33(34-7)35-11-4/h31-33H,8-30H2,1-7H3. The van der Waals surface area contributed by atoms with Crippen molar-refractivity contribution in [3.63, 3.8) is 0 Å². The summed E-state index contributed by atoms with van der Waals surface area (Å²) in [4.78, 5) is 0. The molecule has 1 saturated carbocycles. The Kier molecular flexibility index (Phi) is 23.6. The number of unbranched alkanes of at least 4 members (excludes halogenated alkanes) is 8. The van der Waals surface area contributed by atoms with Crippen LogP contribution in [0.2, 0.25) is 0 Å². The van der Waals surface area contributed by atoms with Gasteiger partial charge in [-0.3, -0.25) is 0 Å². The van der Waals surface area contributed by atoms with Gasteiger partial charge in [-0.1, -0.05) is 170 Å². The summed E-state index contributed by atoms with van der Waals surface area (Å²) in [5.74, 6) is 6.81. The van der Waals surface area contributed by atoms with Gasteiger partial charge in [-0.15, -0.1) is 11.8 Å². The van der Waals surface area contributed by atoms with E-state index in [-0.39, 0.29) is 0 Å². The largest absolute Gasteiger partial charge is 0.151 e. The number of hydrogen-bond acceptors (Lipinski definition) is 7. The highest BCUT2D eigenvalue weighted by Gasteiger charge is 2.64. The lowest BCUT2D eigenvalue weighted by molar-refractivity contribution is 0.517. The highest BCUT2D eigenvalue weighted by atomic mass is 34.4. The summed E-state index contributed by atoms with van der Waals surface area (Å²) in [7, 11) is 12.8. The van der Waals surface area contributed by atoms with Gasteiger partial charge in [0.25, 0.3) is 0 Å². The molecule has 0 saturated heterocycles. The average molecular weight is 723 g/mol. The molecule has 0 bridgehead atoms. The van der Waals surface area contributed by atoms with Crippen molar-refractivity contribution in [3.05, 3.63) is 0 Å². The molecule has 1 atom stereocenters. The fourth-order valence-corrected chi connectivity index (χ4v) is 51.1. The van der Waals surface area contributed by atoms with Gasteiger partial charge >= 0.3 is 0 Å². The Hall–Kier alpha value is 2.80. The van der Waals surface area contributed by atoms with Gasteiger partial charge < -0.3 is 0 Å². The summed E-state index contributed by atoms with van der Waals surface area (Å²) < 4.78 is -1.87. The van der Waals surface area contributed by atoms with Crippen LogP contribution >= 0.6 is 80.9 Å². The normalized spacial score (nSPS) is 17.6. The maximum atomic E-state index is 2.64. The quantitative estimate of drug-likeness (QED) is 0.0442. The van der Waals surface area contributed by atoms with Crippen molar-refractivity contribution in [1.82, 2.24) is 0 Å². The second-order valence-electron chi connectivity index (χ2n) is 12.0. The van der Waals surface area contributed by atoms with E-state index in [1.165, 1.54) is 144 Å². The van der Waals surface area contributed by atoms with Gasteiger partial charge in [-0.2, -0.15) is 11.8 Å². The maximum absolute atomic E-state index is 2.68. The van der Waals surface area contributed by atoms with Crippen LogP contribution in [0.4, 0.5) is 0 Å². The molecule has 0 amide bonds. The Morgan fingerprint density at radius 3 is 1.88 bits per heavy atom. The molecule has 41 heavy (non-hydrogen) atoms. The molecule has 0 radical (unpaired) electrons. The lowest BCUT2D eigenvalue weighted by Gasteiger charge is -2.77. The molecule has 1 aliphatic carbocycles. The van der Waals surface area contributed by atoms with Crippen LogP contribution in [0.3, 0.4) is 0 Å². The van der Waals surface area contributed by atoms with E-state index in [0.29, 0.717) is 5.25 Å². The Bertz CT molecular complexity index is 643. The number of thioether (sulfide) groups is 2. The van der Waals surface area contributed by atoms with Crippen LogP contribution in [0.25, 0.3) is 0 Å². The molecule has 250 valence electrons. The van der Waals surface area contributed by atoms with Gasteiger partial charge in [-0.25, -0.2) is 0 Å². The van der Waals surface area contributed by atoms with Crippen molar-refractivity contribution >= 4 is 80.9 Å². The first-order chi connectivity index (χ1) is 19.8. The maximum Gasteiger partial charge on any atom is 0.0499 e. The zero-order valence-electron chi connectivity index (χ0n) is 28.3. The summed E-state index contributed by atoms with van der Waals surface area (Å²) >= 11 is 4.22. The molecule has 0 nitrogen and oxygen atoms in total. The van der Waals surface area contributed by atoms with Gasteiger partial charge in [0.2, 0.25) is 0 Å². The number of rotatable bonds is 28. The zero-order chi connectivity index (χ0) is 30.4. The van der Waals surface area contributed by atoms with Gasteiger partial charge in [0, 0.05) is 38.1 Å². The molecule has 1 rings (SSSR count).